The minimum atomic E-state index is -1.17. The van der Waals surface area contributed by atoms with Crippen LogP contribution in [-0.4, -0.2) is 48.6 Å². The van der Waals surface area contributed by atoms with E-state index >= 15 is 0 Å². The van der Waals surface area contributed by atoms with Gasteiger partial charge in [0.2, 0.25) is 5.91 Å². The second kappa shape index (κ2) is 8.21. The van der Waals surface area contributed by atoms with Crippen LogP contribution >= 0.6 is 11.6 Å². The van der Waals surface area contributed by atoms with E-state index in [-0.39, 0.29) is 30.8 Å². The van der Waals surface area contributed by atoms with Gasteiger partial charge in [0, 0.05) is 17.5 Å². The number of Topliss-reactive ketones (excluding diaryl/α,β-unsaturated/α-hetero) is 1. The fourth-order valence-corrected chi connectivity index (χ4v) is 3.82. The van der Waals surface area contributed by atoms with Gasteiger partial charge in [-0.25, -0.2) is 0 Å². The number of aliphatic hydroxyl groups excluding tert-OH is 1. The number of carbonyl (C=O) groups is 2. The molecule has 0 spiro atoms. The number of allylic oxidation sites excluding steroid dienone is 2. The number of halogens is 1. The van der Waals surface area contributed by atoms with Crippen molar-refractivity contribution in [3.8, 4) is 0 Å². The molecule has 1 saturated heterocycles. The zero-order valence-corrected chi connectivity index (χ0v) is 16.5. The third-order valence-electron chi connectivity index (χ3n) is 5.26. The maximum absolute atomic E-state index is 13.3. The Kier molecular flexibility index (Phi) is 6.66. The number of aliphatic hydroxyl groups is 1. The Balaban J connectivity index is 2.28. The molecule has 2 rings (SSSR count). The highest BCUT2D eigenvalue weighted by molar-refractivity contribution is 6.31. The molecule has 7 heteroatoms. The molecule has 2 unspecified atom stereocenters. The third kappa shape index (κ3) is 4.36. The number of hydrogen-bond acceptors (Lipinski definition) is 5. The SMILES string of the molecule is CC(C)(C)[C@@H](O)C(=O)NCC1(C(=O)[C@@H]2CCCN2)C=C(Cl)C=CC1CN. The molecule has 146 valence electrons. The van der Waals surface area contributed by atoms with Gasteiger partial charge in [-0.15, -0.1) is 0 Å². The summed E-state index contributed by atoms with van der Waals surface area (Å²) in [6.45, 7) is 6.45. The van der Waals surface area contributed by atoms with Crippen LogP contribution in [0.4, 0.5) is 0 Å². The lowest BCUT2D eigenvalue weighted by molar-refractivity contribution is -0.136. The van der Waals surface area contributed by atoms with Crippen LogP contribution in [0.3, 0.4) is 0 Å². The molecule has 0 aromatic rings. The lowest BCUT2D eigenvalue weighted by Gasteiger charge is -2.39. The van der Waals surface area contributed by atoms with Crippen molar-refractivity contribution in [3.63, 3.8) is 0 Å². The fourth-order valence-electron chi connectivity index (χ4n) is 3.55. The van der Waals surface area contributed by atoms with Gasteiger partial charge in [0.15, 0.2) is 5.78 Å². The molecule has 1 amide bonds. The first-order valence-corrected chi connectivity index (χ1v) is 9.49. The van der Waals surface area contributed by atoms with Crippen LogP contribution in [0.2, 0.25) is 0 Å². The molecule has 0 aromatic carbocycles. The van der Waals surface area contributed by atoms with Gasteiger partial charge in [-0.3, -0.25) is 9.59 Å². The summed E-state index contributed by atoms with van der Waals surface area (Å²) in [6.07, 6.45) is 5.79. The maximum atomic E-state index is 13.3. The molecule has 0 bridgehead atoms. The van der Waals surface area contributed by atoms with Crippen molar-refractivity contribution in [2.24, 2.45) is 22.5 Å². The number of ketones is 1. The molecule has 0 aromatic heterocycles. The van der Waals surface area contributed by atoms with Crippen molar-refractivity contribution in [2.45, 2.75) is 45.8 Å². The highest BCUT2D eigenvalue weighted by Gasteiger charge is 2.47. The topological polar surface area (TPSA) is 104 Å². The van der Waals surface area contributed by atoms with Crippen molar-refractivity contribution >= 4 is 23.3 Å². The van der Waals surface area contributed by atoms with E-state index in [9.17, 15) is 14.7 Å². The zero-order chi connectivity index (χ0) is 19.5. The second-order valence-electron chi connectivity index (χ2n) is 8.27. The van der Waals surface area contributed by atoms with Crippen molar-refractivity contribution in [3.05, 3.63) is 23.3 Å². The average molecular weight is 384 g/mol. The van der Waals surface area contributed by atoms with Crippen molar-refractivity contribution in [2.75, 3.05) is 19.6 Å². The predicted octanol–water partition coefficient (Wildman–Crippen LogP) is 1.08. The van der Waals surface area contributed by atoms with E-state index in [0.29, 0.717) is 5.03 Å². The normalized spacial score (nSPS) is 30.0. The van der Waals surface area contributed by atoms with E-state index in [1.165, 1.54) is 0 Å². The molecule has 6 nitrogen and oxygen atoms in total. The van der Waals surface area contributed by atoms with Crippen LogP contribution < -0.4 is 16.4 Å². The Morgan fingerprint density at radius 3 is 2.73 bits per heavy atom. The minimum Gasteiger partial charge on any atom is -0.383 e. The van der Waals surface area contributed by atoms with Gasteiger partial charge in [0.1, 0.15) is 6.10 Å². The Labute approximate surface area is 160 Å². The average Bonchev–Trinajstić information content (AvgIpc) is 3.12. The van der Waals surface area contributed by atoms with Crippen molar-refractivity contribution in [1.82, 2.24) is 10.6 Å². The minimum absolute atomic E-state index is 0.0153. The molecule has 4 atom stereocenters. The van der Waals surface area contributed by atoms with Gasteiger partial charge in [-0.2, -0.15) is 0 Å². The van der Waals surface area contributed by atoms with Crippen LogP contribution in [0, 0.1) is 16.7 Å². The smallest absolute Gasteiger partial charge is 0.249 e. The summed E-state index contributed by atoms with van der Waals surface area (Å²) >= 11 is 6.22. The summed E-state index contributed by atoms with van der Waals surface area (Å²) in [4.78, 5) is 25.8. The summed E-state index contributed by atoms with van der Waals surface area (Å²) in [7, 11) is 0. The lowest BCUT2D eigenvalue weighted by Crippen LogP contribution is -2.56. The number of nitrogens with two attached hydrogens (primary N) is 1. The number of amides is 1. The summed E-state index contributed by atoms with van der Waals surface area (Å²) in [6, 6.07) is -0.277. The number of hydrogen-bond donors (Lipinski definition) is 4. The van der Waals surface area contributed by atoms with E-state index in [4.69, 9.17) is 17.3 Å². The van der Waals surface area contributed by atoms with Gasteiger partial charge < -0.3 is 21.5 Å². The van der Waals surface area contributed by atoms with E-state index in [1.54, 1.807) is 32.9 Å². The van der Waals surface area contributed by atoms with E-state index in [0.717, 1.165) is 19.4 Å². The molecule has 1 aliphatic carbocycles. The summed E-state index contributed by atoms with van der Waals surface area (Å²) in [5, 5.41) is 16.6. The first-order chi connectivity index (χ1) is 12.1. The Morgan fingerprint density at radius 1 is 1.50 bits per heavy atom. The van der Waals surface area contributed by atoms with E-state index in [2.05, 4.69) is 10.6 Å². The van der Waals surface area contributed by atoms with Crippen LogP contribution in [0.15, 0.2) is 23.3 Å². The first-order valence-electron chi connectivity index (χ1n) is 9.12. The molecular formula is C19H30ClN3O3. The van der Waals surface area contributed by atoms with Crippen molar-refractivity contribution in [1.29, 1.82) is 0 Å². The molecule has 0 radical (unpaired) electrons. The second-order valence-corrected chi connectivity index (χ2v) is 8.71. The van der Waals surface area contributed by atoms with Crippen LogP contribution in [-0.2, 0) is 9.59 Å². The highest BCUT2D eigenvalue weighted by atomic mass is 35.5. The number of rotatable bonds is 6. The predicted molar refractivity (Wildman–Crippen MR) is 103 cm³/mol. The van der Waals surface area contributed by atoms with E-state index < -0.39 is 22.8 Å². The number of carbonyl (C=O) groups excluding carboxylic acids is 2. The summed E-state index contributed by atoms with van der Waals surface area (Å²) < 4.78 is 0. The molecule has 2 aliphatic rings. The molecule has 5 N–H and O–H groups in total. The Morgan fingerprint density at radius 2 is 2.19 bits per heavy atom. The molecule has 1 aliphatic heterocycles. The van der Waals surface area contributed by atoms with Crippen LogP contribution in [0.5, 0.6) is 0 Å². The van der Waals surface area contributed by atoms with Gasteiger partial charge in [0.05, 0.1) is 11.5 Å². The lowest BCUT2D eigenvalue weighted by atomic mass is 9.67. The van der Waals surface area contributed by atoms with Gasteiger partial charge in [-0.05, 0) is 43.5 Å². The molecular weight excluding hydrogens is 354 g/mol. The first kappa shape index (κ1) is 21.1. The zero-order valence-electron chi connectivity index (χ0n) is 15.7. The largest absolute Gasteiger partial charge is 0.383 e. The maximum Gasteiger partial charge on any atom is 0.249 e. The van der Waals surface area contributed by atoms with Crippen LogP contribution in [0.1, 0.15) is 33.6 Å². The van der Waals surface area contributed by atoms with Gasteiger partial charge in [0.25, 0.3) is 0 Å². The standard InChI is InChI=1S/C19H30ClN3O3/c1-18(2,3)16(25)17(26)23-11-19(15(24)14-5-4-8-22-14)9-13(20)7-6-12(19)10-21/h6-7,9,12,14,16,22,25H,4-5,8,10-11,21H2,1-3H3,(H,23,26)/t12?,14-,16-,19?/m0/s1. The monoisotopic (exact) mass is 383 g/mol. The summed E-state index contributed by atoms with van der Waals surface area (Å²) in [5.74, 6) is -0.788. The van der Waals surface area contributed by atoms with Crippen LogP contribution in [0.25, 0.3) is 0 Å². The summed E-state index contributed by atoms with van der Waals surface area (Å²) in [5.41, 5.74) is 4.32. The highest BCUT2D eigenvalue weighted by Crippen LogP contribution is 2.39. The fraction of sp³-hybridized carbons (Fsp3) is 0.684. The molecule has 26 heavy (non-hydrogen) atoms. The Bertz CT molecular complexity index is 606. The Hall–Kier alpha value is -1.21. The van der Waals surface area contributed by atoms with Gasteiger partial charge >= 0.3 is 0 Å². The third-order valence-corrected chi connectivity index (χ3v) is 5.49. The quantitative estimate of drug-likeness (QED) is 0.549. The molecule has 1 heterocycles. The molecule has 0 saturated carbocycles. The van der Waals surface area contributed by atoms with E-state index in [1.807, 2.05) is 6.08 Å². The molecule has 1 fully saturated rings. The number of nitrogens with one attached hydrogen (secondary N) is 2. The van der Waals surface area contributed by atoms with Crippen molar-refractivity contribution < 1.29 is 14.7 Å². The van der Waals surface area contributed by atoms with Gasteiger partial charge in [-0.1, -0.05) is 38.4 Å².